The molecule has 25 heavy (non-hydrogen) atoms. The van der Waals surface area contributed by atoms with E-state index in [0.29, 0.717) is 17.7 Å². The summed E-state index contributed by atoms with van der Waals surface area (Å²) in [6, 6.07) is 15.3. The van der Waals surface area contributed by atoms with Crippen molar-refractivity contribution >= 4 is 27.7 Å². The van der Waals surface area contributed by atoms with Crippen LogP contribution in [-0.4, -0.2) is 29.7 Å². The molecule has 0 spiro atoms. The van der Waals surface area contributed by atoms with Gasteiger partial charge in [0.2, 0.25) is 5.89 Å². The quantitative estimate of drug-likeness (QED) is 0.374. The van der Waals surface area contributed by atoms with Crippen molar-refractivity contribution in [1.29, 1.82) is 0 Å². The third-order valence-corrected chi connectivity index (χ3v) is 4.95. The van der Waals surface area contributed by atoms with E-state index in [1.165, 1.54) is 11.8 Å². The summed E-state index contributed by atoms with van der Waals surface area (Å²) in [5, 5.41) is 8.74. The fourth-order valence-corrected chi connectivity index (χ4v) is 3.22. The molecule has 0 unspecified atom stereocenters. The van der Waals surface area contributed by atoms with Crippen LogP contribution in [0.4, 0.5) is 0 Å². The topological polar surface area (TPSA) is 57.4 Å². The number of aromatic nitrogens is 2. The van der Waals surface area contributed by atoms with Crippen LogP contribution in [0.3, 0.4) is 0 Å². The average Bonchev–Trinajstić information content (AvgIpc) is 3.11. The summed E-state index contributed by atoms with van der Waals surface area (Å²) >= 11 is 5.02. The van der Waals surface area contributed by atoms with E-state index in [1.807, 2.05) is 48.5 Å². The molecule has 3 rings (SSSR count). The van der Waals surface area contributed by atoms with Gasteiger partial charge in [0, 0.05) is 10.2 Å². The Kier molecular flexibility index (Phi) is 6.36. The second kappa shape index (κ2) is 8.92. The number of ether oxygens (including phenoxy) is 2. The predicted octanol–water partition coefficient (Wildman–Crippen LogP) is 5.07. The summed E-state index contributed by atoms with van der Waals surface area (Å²) in [5.41, 5.74) is 0.893. The van der Waals surface area contributed by atoms with Crippen LogP contribution in [0.25, 0.3) is 11.5 Å². The molecular formula is C18H17BrN2O3S. The van der Waals surface area contributed by atoms with Gasteiger partial charge in [0.1, 0.15) is 11.5 Å². The van der Waals surface area contributed by atoms with E-state index in [9.17, 15) is 0 Å². The summed E-state index contributed by atoms with van der Waals surface area (Å²) in [6.07, 6.45) is 0.878. The molecule has 0 N–H and O–H groups in total. The maximum absolute atomic E-state index is 5.70. The molecule has 0 fully saturated rings. The van der Waals surface area contributed by atoms with Gasteiger partial charge in [-0.15, -0.1) is 10.2 Å². The number of rotatable bonds is 8. The third kappa shape index (κ3) is 4.99. The highest BCUT2D eigenvalue weighted by molar-refractivity contribution is 9.10. The molecule has 0 saturated heterocycles. The first-order chi connectivity index (χ1) is 12.3. The van der Waals surface area contributed by atoms with Crippen molar-refractivity contribution in [3.8, 4) is 23.0 Å². The van der Waals surface area contributed by atoms with Gasteiger partial charge in [0.25, 0.3) is 5.22 Å². The van der Waals surface area contributed by atoms with Crippen molar-refractivity contribution in [2.24, 2.45) is 0 Å². The Morgan fingerprint density at radius 1 is 1.04 bits per heavy atom. The highest BCUT2D eigenvalue weighted by atomic mass is 79.9. The lowest BCUT2D eigenvalue weighted by Crippen LogP contribution is -1.98. The van der Waals surface area contributed by atoms with E-state index < -0.39 is 0 Å². The second-order valence-electron chi connectivity index (χ2n) is 5.08. The van der Waals surface area contributed by atoms with Gasteiger partial charge in [0.05, 0.1) is 19.3 Å². The molecule has 2 aromatic carbocycles. The molecular weight excluding hydrogens is 404 g/mol. The largest absolute Gasteiger partial charge is 0.497 e. The van der Waals surface area contributed by atoms with Crippen LogP contribution in [0.15, 0.2) is 62.6 Å². The molecule has 0 aliphatic rings. The Morgan fingerprint density at radius 3 is 2.56 bits per heavy atom. The van der Waals surface area contributed by atoms with Gasteiger partial charge < -0.3 is 13.9 Å². The van der Waals surface area contributed by atoms with Crippen LogP contribution in [0.1, 0.15) is 6.42 Å². The summed E-state index contributed by atoms with van der Waals surface area (Å²) < 4.78 is 17.4. The number of thioether (sulfide) groups is 1. The predicted molar refractivity (Wildman–Crippen MR) is 101 cm³/mol. The Hall–Kier alpha value is -1.99. The molecule has 1 aromatic heterocycles. The number of methoxy groups -OCH3 is 1. The van der Waals surface area contributed by atoms with Crippen molar-refractivity contribution in [3.05, 3.63) is 53.0 Å². The lowest BCUT2D eigenvalue weighted by molar-refractivity contribution is 0.317. The third-order valence-electron chi connectivity index (χ3n) is 3.35. The van der Waals surface area contributed by atoms with E-state index in [1.54, 1.807) is 7.11 Å². The Bertz CT molecular complexity index is 808. The molecule has 0 amide bonds. The standard InChI is InChI=1S/C18H17BrN2O3S/c1-22-13-7-9-14(10-8-13)23-11-4-12-25-18-21-20-17(24-18)15-5-2-3-6-16(15)19/h2-3,5-10H,4,11-12H2,1H3. The van der Waals surface area contributed by atoms with Gasteiger partial charge in [-0.2, -0.15) is 0 Å². The van der Waals surface area contributed by atoms with Crippen LogP contribution in [0, 0.1) is 0 Å². The van der Waals surface area contributed by atoms with E-state index in [2.05, 4.69) is 26.1 Å². The first kappa shape index (κ1) is 17.8. The normalized spacial score (nSPS) is 10.6. The number of hydrogen-bond donors (Lipinski definition) is 0. The molecule has 0 saturated carbocycles. The number of benzene rings is 2. The lowest BCUT2D eigenvalue weighted by atomic mass is 10.2. The van der Waals surface area contributed by atoms with Crippen molar-refractivity contribution in [3.63, 3.8) is 0 Å². The maximum Gasteiger partial charge on any atom is 0.276 e. The van der Waals surface area contributed by atoms with Crippen LogP contribution < -0.4 is 9.47 Å². The molecule has 0 atom stereocenters. The monoisotopic (exact) mass is 420 g/mol. The second-order valence-corrected chi connectivity index (χ2v) is 6.98. The molecule has 0 bridgehead atoms. The van der Waals surface area contributed by atoms with E-state index >= 15 is 0 Å². The fraction of sp³-hybridized carbons (Fsp3) is 0.222. The molecule has 0 radical (unpaired) electrons. The van der Waals surface area contributed by atoms with E-state index in [4.69, 9.17) is 13.9 Å². The molecule has 1 heterocycles. The SMILES string of the molecule is COc1ccc(OCCCSc2nnc(-c3ccccc3Br)o2)cc1. The molecule has 130 valence electrons. The molecule has 7 heteroatoms. The summed E-state index contributed by atoms with van der Waals surface area (Å²) in [4.78, 5) is 0. The Morgan fingerprint density at radius 2 is 1.80 bits per heavy atom. The smallest absolute Gasteiger partial charge is 0.276 e. The van der Waals surface area contributed by atoms with Gasteiger partial charge in [-0.05, 0) is 58.7 Å². The zero-order chi connectivity index (χ0) is 17.5. The average molecular weight is 421 g/mol. The van der Waals surface area contributed by atoms with Crippen molar-refractivity contribution in [1.82, 2.24) is 10.2 Å². The number of halogens is 1. The van der Waals surface area contributed by atoms with Gasteiger partial charge in [-0.25, -0.2) is 0 Å². The Labute approximate surface area is 158 Å². The number of hydrogen-bond acceptors (Lipinski definition) is 6. The van der Waals surface area contributed by atoms with Crippen LogP contribution in [0.2, 0.25) is 0 Å². The van der Waals surface area contributed by atoms with Gasteiger partial charge in [-0.3, -0.25) is 0 Å². The summed E-state index contributed by atoms with van der Waals surface area (Å²) in [6.45, 7) is 0.630. The van der Waals surface area contributed by atoms with Crippen LogP contribution in [0.5, 0.6) is 11.5 Å². The first-order valence-electron chi connectivity index (χ1n) is 7.74. The zero-order valence-corrected chi connectivity index (χ0v) is 16.0. The highest BCUT2D eigenvalue weighted by Crippen LogP contribution is 2.29. The zero-order valence-electron chi connectivity index (χ0n) is 13.6. The molecule has 0 aliphatic heterocycles. The Balaban J connectivity index is 1.43. The maximum atomic E-state index is 5.70. The van der Waals surface area contributed by atoms with Crippen molar-refractivity contribution in [2.75, 3.05) is 19.5 Å². The minimum Gasteiger partial charge on any atom is -0.497 e. The molecule has 5 nitrogen and oxygen atoms in total. The van der Waals surface area contributed by atoms with Crippen LogP contribution in [-0.2, 0) is 0 Å². The molecule has 3 aromatic rings. The summed E-state index contributed by atoms with van der Waals surface area (Å²) in [5.74, 6) is 3.01. The molecule has 0 aliphatic carbocycles. The van der Waals surface area contributed by atoms with Gasteiger partial charge in [0.15, 0.2) is 0 Å². The highest BCUT2D eigenvalue weighted by Gasteiger charge is 2.11. The lowest BCUT2D eigenvalue weighted by Gasteiger charge is -2.06. The first-order valence-corrected chi connectivity index (χ1v) is 9.52. The number of nitrogens with zero attached hydrogens (tertiary/aromatic N) is 2. The summed E-state index contributed by atoms with van der Waals surface area (Å²) in [7, 11) is 1.65. The minimum atomic E-state index is 0.518. The van der Waals surface area contributed by atoms with Gasteiger partial charge >= 0.3 is 0 Å². The van der Waals surface area contributed by atoms with Crippen molar-refractivity contribution in [2.45, 2.75) is 11.6 Å². The van der Waals surface area contributed by atoms with E-state index in [-0.39, 0.29) is 0 Å². The van der Waals surface area contributed by atoms with Crippen molar-refractivity contribution < 1.29 is 13.9 Å². The van der Waals surface area contributed by atoms with Crippen LogP contribution >= 0.6 is 27.7 Å². The van der Waals surface area contributed by atoms with Gasteiger partial charge in [-0.1, -0.05) is 23.9 Å². The van der Waals surface area contributed by atoms with E-state index in [0.717, 1.165) is 33.7 Å². The fourth-order valence-electron chi connectivity index (χ4n) is 2.09. The minimum absolute atomic E-state index is 0.518.